The average molecular weight is 227 g/mol. The molecule has 0 aromatic carbocycles. The average Bonchev–Trinajstić information content (AvgIpc) is 3.13. The molecule has 1 fully saturated rings. The van der Waals surface area contributed by atoms with Gasteiger partial charge >= 0.3 is 0 Å². The van der Waals surface area contributed by atoms with Gasteiger partial charge in [0.2, 0.25) is 5.95 Å². The molecule has 0 aliphatic heterocycles. The molecule has 0 atom stereocenters. The lowest BCUT2D eigenvalue weighted by molar-refractivity contribution is 0.755. The molecule has 0 N–H and O–H groups in total. The molecule has 0 unspecified atom stereocenters. The Labute approximate surface area is 100 Å². The molecule has 1 aliphatic carbocycles. The van der Waals surface area contributed by atoms with Gasteiger partial charge in [0.1, 0.15) is 11.8 Å². The summed E-state index contributed by atoms with van der Waals surface area (Å²) in [6, 6.07) is 6.27. The van der Waals surface area contributed by atoms with Crippen LogP contribution in [0.3, 0.4) is 0 Å². The van der Waals surface area contributed by atoms with Crippen molar-refractivity contribution < 1.29 is 0 Å². The molecule has 1 aromatic rings. The zero-order chi connectivity index (χ0) is 12.3. The predicted molar refractivity (Wildman–Crippen MR) is 62.1 cm³/mol. The second kappa shape index (κ2) is 4.80. The molecule has 5 heteroatoms. The van der Waals surface area contributed by atoms with Gasteiger partial charge in [-0.05, 0) is 25.8 Å². The molecule has 0 amide bonds. The summed E-state index contributed by atoms with van der Waals surface area (Å²) in [6.07, 6.45) is 2.69. The third-order valence-corrected chi connectivity index (χ3v) is 2.67. The Balaban J connectivity index is 2.26. The Bertz CT molecular complexity index is 493. The van der Waals surface area contributed by atoms with Crippen molar-refractivity contribution in [3.8, 4) is 12.1 Å². The van der Waals surface area contributed by atoms with Crippen molar-refractivity contribution in [1.82, 2.24) is 9.97 Å². The number of aryl methyl sites for hydroxylation is 1. The Morgan fingerprint density at radius 1 is 1.41 bits per heavy atom. The molecule has 5 nitrogen and oxygen atoms in total. The van der Waals surface area contributed by atoms with Crippen molar-refractivity contribution in [2.75, 3.05) is 11.4 Å². The van der Waals surface area contributed by atoms with Crippen LogP contribution in [0.5, 0.6) is 0 Å². The number of rotatable bonds is 4. The van der Waals surface area contributed by atoms with E-state index in [1.54, 1.807) is 6.07 Å². The van der Waals surface area contributed by atoms with Gasteiger partial charge in [-0.3, -0.25) is 0 Å². The first-order chi connectivity index (χ1) is 8.24. The molecule has 0 bridgehead atoms. The van der Waals surface area contributed by atoms with E-state index >= 15 is 0 Å². The molecule has 0 radical (unpaired) electrons. The number of nitrogens with zero attached hydrogens (tertiary/aromatic N) is 5. The maximum absolute atomic E-state index is 8.89. The van der Waals surface area contributed by atoms with E-state index in [2.05, 4.69) is 16.0 Å². The van der Waals surface area contributed by atoms with Crippen LogP contribution in [0.2, 0.25) is 0 Å². The molecule has 2 rings (SSSR count). The fourth-order valence-corrected chi connectivity index (χ4v) is 1.74. The van der Waals surface area contributed by atoms with Crippen LogP contribution in [0.1, 0.15) is 30.7 Å². The monoisotopic (exact) mass is 227 g/mol. The molecule has 1 aromatic heterocycles. The Hall–Kier alpha value is -2.14. The fraction of sp³-hybridized carbons (Fsp3) is 0.500. The smallest absolute Gasteiger partial charge is 0.227 e. The molecule has 86 valence electrons. The summed E-state index contributed by atoms with van der Waals surface area (Å²) in [4.78, 5) is 10.6. The van der Waals surface area contributed by atoms with Crippen LogP contribution in [-0.4, -0.2) is 22.6 Å². The van der Waals surface area contributed by atoms with Crippen LogP contribution in [0.4, 0.5) is 5.95 Å². The Kier molecular flexibility index (Phi) is 3.20. The highest BCUT2D eigenvalue weighted by Crippen LogP contribution is 2.29. The van der Waals surface area contributed by atoms with E-state index < -0.39 is 0 Å². The van der Waals surface area contributed by atoms with Gasteiger partial charge in [0.15, 0.2) is 0 Å². The van der Waals surface area contributed by atoms with Crippen molar-refractivity contribution in [3.05, 3.63) is 17.5 Å². The van der Waals surface area contributed by atoms with Gasteiger partial charge in [0.25, 0.3) is 0 Å². The van der Waals surface area contributed by atoms with Crippen molar-refractivity contribution in [2.24, 2.45) is 0 Å². The summed E-state index contributed by atoms with van der Waals surface area (Å²) < 4.78 is 0. The molecule has 1 saturated carbocycles. The van der Waals surface area contributed by atoms with Gasteiger partial charge in [0.05, 0.1) is 12.5 Å². The number of nitriles is 2. The summed E-state index contributed by atoms with van der Waals surface area (Å²) in [5, 5.41) is 17.5. The lowest BCUT2D eigenvalue weighted by Crippen LogP contribution is -2.29. The van der Waals surface area contributed by atoms with Crippen LogP contribution < -0.4 is 4.90 Å². The minimum atomic E-state index is 0.384. The van der Waals surface area contributed by atoms with E-state index in [0.29, 0.717) is 30.6 Å². The molecule has 0 spiro atoms. The highest BCUT2D eigenvalue weighted by atomic mass is 15.3. The summed E-state index contributed by atoms with van der Waals surface area (Å²) in [5.41, 5.74) is 1.17. The topological polar surface area (TPSA) is 76.6 Å². The third kappa shape index (κ3) is 2.70. The molecule has 0 saturated heterocycles. The maximum atomic E-state index is 8.89. The van der Waals surface area contributed by atoms with E-state index in [0.717, 1.165) is 18.5 Å². The van der Waals surface area contributed by atoms with Gasteiger partial charge in [-0.25, -0.2) is 9.97 Å². The zero-order valence-corrected chi connectivity index (χ0v) is 9.72. The van der Waals surface area contributed by atoms with Crippen LogP contribution >= 0.6 is 0 Å². The SMILES string of the molecule is Cc1cc(C#N)nc(N(CCC#N)C2CC2)n1. The molecular formula is C12H13N5. The normalized spacial score (nSPS) is 13.8. The van der Waals surface area contributed by atoms with Gasteiger partial charge in [-0.1, -0.05) is 0 Å². The van der Waals surface area contributed by atoms with Gasteiger partial charge in [0, 0.05) is 18.3 Å². The number of anilines is 1. The minimum Gasteiger partial charge on any atom is -0.337 e. The second-order valence-electron chi connectivity index (χ2n) is 4.14. The van der Waals surface area contributed by atoms with E-state index in [-0.39, 0.29) is 0 Å². The van der Waals surface area contributed by atoms with Gasteiger partial charge < -0.3 is 4.90 Å². The molecule has 1 aliphatic rings. The second-order valence-corrected chi connectivity index (χ2v) is 4.14. The molecule has 1 heterocycles. The molecular weight excluding hydrogens is 214 g/mol. The van der Waals surface area contributed by atoms with Crippen LogP contribution in [0.25, 0.3) is 0 Å². The predicted octanol–water partition coefficient (Wildman–Crippen LogP) is 1.54. The lowest BCUT2D eigenvalue weighted by atomic mass is 10.3. The molecule has 17 heavy (non-hydrogen) atoms. The first-order valence-electron chi connectivity index (χ1n) is 5.64. The number of aromatic nitrogens is 2. The standard InChI is InChI=1S/C12H13N5/c1-9-7-10(8-14)16-12(15-9)17(6-2-5-13)11-3-4-11/h7,11H,2-4,6H2,1H3. The lowest BCUT2D eigenvalue weighted by Gasteiger charge is -2.21. The Morgan fingerprint density at radius 2 is 2.18 bits per heavy atom. The highest BCUT2D eigenvalue weighted by Gasteiger charge is 2.30. The summed E-state index contributed by atoms with van der Waals surface area (Å²) >= 11 is 0. The Morgan fingerprint density at radius 3 is 2.76 bits per heavy atom. The van der Waals surface area contributed by atoms with Gasteiger partial charge in [-0.2, -0.15) is 10.5 Å². The van der Waals surface area contributed by atoms with Crippen molar-refractivity contribution in [2.45, 2.75) is 32.2 Å². The summed E-state index contributed by atoms with van der Waals surface area (Å²) in [6.45, 7) is 2.48. The van der Waals surface area contributed by atoms with E-state index in [9.17, 15) is 0 Å². The van der Waals surface area contributed by atoms with Gasteiger partial charge in [-0.15, -0.1) is 0 Å². The van der Waals surface area contributed by atoms with Crippen LogP contribution in [-0.2, 0) is 0 Å². The van der Waals surface area contributed by atoms with Crippen molar-refractivity contribution in [3.63, 3.8) is 0 Å². The summed E-state index contributed by atoms with van der Waals surface area (Å²) in [7, 11) is 0. The van der Waals surface area contributed by atoms with E-state index in [1.807, 2.05) is 17.9 Å². The fourth-order valence-electron chi connectivity index (χ4n) is 1.74. The largest absolute Gasteiger partial charge is 0.337 e. The van der Waals surface area contributed by atoms with E-state index in [4.69, 9.17) is 10.5 Å². The highest BCUT2D eigenvalue weighted by molar-refractivity contribution is 5.38. The first-order valence-corrected chi connectivity index (χ1v) is 5.64. The number of hydrogen-bond acceptors (Lipinski definition) is 5. The maximum Gasteiger partial charge on any atom is 0.227 e. The van der Waals surface area contributed by atoms with Crippen molar-refractivity contribution in [1.29, 1.82) is 10.5 Å². The third-order valence-electron chi connectivity index (χ3n) is 2.67. The van der Waals surface area contributed by atoms with Crippen molar-refractivity contribution >= 4 is 5.95 Å². The minimum absolute atomic E-state index is 0.384. The summed E-state index contributed by atoms with van der Waals surface area (Å²) in [5.74, 6) is 0.583. The first kappa shape index (κ1) is 11.3. The number of hydrogen-bond donors (Lipinski definition) is 0. The van der Waals surface area contributed by atoms with E-state index in [1.165, 1.54) is 0 Å². The van der Waals surface area contributed by atoms with Crippen LogP contribution in [0, 0.1) is 29.6 Å². The quantitative estimate of drug-likeness (QED) is 0.779. The zero-order valence-electron chi connectivity index (χ0n) is 9.72. The van der Waals surface area contributed by atoms with Crippen LogP contribution in [0.15, 0.2) is 6.07 Å².